The number of hydrogen-bond acceptors (Lipinski definition) is 2. The molecule has 0 aliphatic carbocycles. The Morgan fingerprint density at radius 2 is 1.93 bits per heavy atom. The van der Waals surface area contributed by atoms with Gasteiger partial charge in [-0.05, 0) is 68.4 Å². The third-order valence-corrected chi connectivity index (χ3v) is 6.20. The quantitative estimate of drug-likeness (QED) is 0.746. The van der Waals surface area contributed by atoms with E-state index in [4.69, 9.17) is 11.6 Å². The second kappa shape index (κ2) is 6.88. The number of piperidine rings is 1. The maximum atomic E-state index is 14.2. The normalized spacial score (nSPS) is 18.7. The summed E-state index contributed by atoms with van der Waals surface area (Å²) in [7, 11) is 0. The number of amides is 1. The summed E-state index contributed by atoms with van der Waals surface area (Å²) in [6.07, 6.45) is 1.81. The molecule has 0 atom stereocenters. The Kier molecular flexibility index (Phi) is 4.68. The first-order valence-electron chi connectivity index (χ1n) is 9.23. The third-order valence-electron chi connectivity index (χ3n) is 5.97. The van der Waals surface area contributed by atoms with Gasteiger partial charge >= 0.3 is 0 Å². The smallest absolute Gasteiger partial charge is 0.261 e. The van der Waals surface area contributed by atoms with Crippen molar-refractivity contribution in [3.8, 4) is 0 Å². The van der Waals surface area contributed by atoms with Gasteiger partial charge in [0, 0.05) is 22.7 Å². The van der Waals surface area contributed by atoms with Crippen molar-refractivity contribution < 1.29 is 13.6 Å². The molecule has 0 N–H and O–H groups in total. The summed E-state index contributed by atoms with van der Waals surface area (Å²) >= 11 is 6.25. The van der Waals surface area contributed by atoms with Crippen LogP contribution in [0.25, 0.3) is 0 Å². The Morgan fingerprint density at radius 1 is 1.19 bits per heavy atom. The predicted molar refractivity (Wildman–Crippen MR) is 103 cm³/mol. The summed E-state index contributed by atoms with van der Waals surface area (Å²) in [5.41, 5.74) is 1.36. The molecule has 2 aliphatic heterocycles. The van der Waals surface area contributed by atoms with Gasteiger partial charge in [0.1, 0.15) is 0 Å². The molecule has 142 valence electrons. The molecular weight excluding hydrogens is 370 g/mol. The topological polar surface area (TPSA) is 23.6 Å². The zero-order valence-corrected chi connectivity index (χ0v) is 15.9. The van der Waals surface area contributed by atoms with Gasteiger partial charge in [-0.15, -0.1) is 0 Å². The molecule has 1 spiro atoms. The van der Waals surface area contributed by atoms with Gasteiger partial charge in [0.15, 0.2) is 11.6 Å². The molecule has 2 heterocycles. The van der Waals surface area contributed by atoms with Crippen molar-refractivity contribution in [3.63, 3.8) is 0 Å². The summed E-state index contributed by atoms with van der Waals surface area (Å²) in [6, 6.07) is 9.19. The largest absolute Gasteiger partial charge is 0.307 e. The van der Waals surface area contributed by atoms with Crippen molar-refractivity contribution in [1.82, 2.24) is 4.90 Å². The second-order valence-electron chi connectivity index (χ2n) is 7.37. The first kappa shape index (κ1) is 18.4. The highest BCUT2D eigenvalue weighted by atomic mass is 35.5. The van der Waals surface area contributed by atoms with Crippen LogP contribution in [-0.2, 0) is 5.41 Å². The van der Waals surface area contributed by atoms with E-state index >= 15 is 0 Å². The van der Waals surface area contributed by atoms with Gasteiger partial charge in [-0.2, -0.15) is 0 Å². The van der Waals surface area contributed by atoms with Crippen LogP contribution in [0, 0.1) is 11.6 Å². The van der Waals surface area contributed by atoms with Gasteiger partial charge in [-0.3, -0.25) is 4.79 Å². The van der Waals surface area contributed by atoms with Gasteiger partial charge in [-0.1, -0.05) is 24.6 Å². The van der Waals surface area contributed by atoms with Crippen LogP contribution in [0.1, 0.15) is 35.7 Å². The second-order valence-corrected chi connectivity index (χ2v) is 7.81. The molecule has 2 aromatic rings. The molecule has 1 amide bonds. The number of carbonyl (C=O) groups excluding carboxylic acids is 1. The van der Waals surface area contributed by atoms with Crippen molar-refractivity contribution in [2.75, 3.05) is 31.1 Å². The molecule has 4 rings (SSSR count). The average Bonchev–Trinajstić information content (AvgIpc) is 2.98. The van der Waals surface area contributed by atoms with Gasteiger partial charge in [0.05, 0.1) is 5.56 Å². The first-order valence-corrected chi connectivity index (χ1v) is 9.61. The van der Waals surface area contributed by atoms with Crippen LogP contribution in [0.3, 0.4) is 0 Å². The summed E-state index contributed by atoms with van der Waals surface area (Å²) in [5.74, 6) is -2.62. The molecular formula is C21H21ClF2N2O. The van der Waals surface area contributed by atoms with Crippen LogP contribution in [0.4, 0.5) is 14.5 Å². The minimum Gasteiger partial charge on any atom is -0.307 e. The maximum absolute atomic E-state index is 14.2. The van der Waals surface area contributed by atoms with Crippen molar-refractivity contribution in [2.45, 2.75) is 25.2 Å². The van der Waals surface area contributed by atoms with Crippen molar-refractivity contribution in [1.29, 1.82) is 0 Å². The lowest BCUT2D eigenvalue weighted by Gasteiger charge is -2.39. The van der Waals surface area contributed by atoms with Crippen molar-refractivity contribution in [2.24, 2.45) is 0 Å². The van der Waals surface area contributed by atoms with Crippen molar-refractivity contribution >= 4 is 23.2 Å². The number of likely N-dealkylation sites (tertiary alicyclic amines) is 1. The molecule has 0 unspecified atom stereocenters. The Morgan fingerprint density at radius 3 is 2.63 bits per heavy atom. The monoisotopic (exact) mass is 390 g/mol. The summed E-state index contributed by atoms with van der Waals surface area (Å²) in [5, 5.41) is 0.622. The van der Waals surface area contributed by atoms with Crippen LogP contribution >= 0.6 is 11.6 Å². The van der Waals surface area contributed by atoms with E-state index in [1.165, 1.54) is 12.1 Å². The zero-order valence-electron chi connectivity index (χ0n) is 15.1. The number of carbonyl (C=O) groups is 1. The highest BCUT2D eigenvalue weighted by Gasteiger charge is 2.46. The van der Waals surface area contributed by atoms with Gasteiger partial charge in [0.2, 0.25) is 0 Å². The number of nitrogens with zero attached hydrogens (tertiary/aromatic N) is 2. The van der Waals surface area contributed by atoms with E-state index in [-0.39, 0.29) is 11.0 Å². The number of rotatable bonds is 2. The fourth-order valence-corrected chi connectivity index (χ4v) is 4.53. The van der Waals surface area contributed by atoms with Gasteiger partial charge in [-0.25, -0.2) is 8.78 Å². The molecule has 2 aromatic carbocycles. The molecule has 2 aliphatic rings. The Balaban J connectivity index is 1.74. The lowest BCUT2D eigenvalue weighted by atomic mass is 9.74. The zero-order chi connectivity index (χ0) is 19.2. The number of fused-ring (bicyclic) bond motifs is 2. The number of benzene rings is 2. The van der Waals surface area contributed by atoms with E-state index < -0.39 is 17.5 Å². The lowest BCUT2D eigenvalue weighted by Crippen LogP contribution is -2.46. The van der Waals surface area contributed by atoms with Gasteiger partial charge < -0.3 is 9.80 Å². The van der Waals surface area contributed by atoms with E-state index in [2.05, 4.69) is 11.8 Å². The number of anilines is 1. The van der Waals surface area contributed by atoms with E-state index in [0.29, 0.717) is 11.6 Å². The van der Waals surface area contributed by atoms with Gasteiger partial charge in [0.25, 0.3) is 5.91 Å². The molecule has 0 saturated carbocycles. The standard InChI is InChI=1S/C21H21ClF2N2O/c1-2-25-10-8-21(9-11-25)13-26(18-7-6-14(22)12-16(18)21)20(27)15-4-3-5-17(23)19(15)24/h3-7,12H,2,8-11,13H2,1H3. The number of halogens is 3. The molecule has 3 nitrogen and oxygen atoms in total. The first-order chi connectivity index (χ1) is 12.9. The molecule has 1 fully saturated rings. The molecule has 27 heavy (non-hydrogen) atoms. The minimum absolute atomic E-state index is 0.189. The van der Waals surface area contributed by atoms with E-state index in [0.717, 1.165) is 49.8 Å². The molecule has 0 bridgehead atoms. The van der Waals surface area contributed by atoms with E-state index in [9.17, 15) is 13.6 Å². The molecule has 1 saturated heterocycles. The predicted octanol–water partition coefficient (Wildman–Crippen LogP) is 4.63. The Hall–Kier alpha value is -1.98. The highest BCUT2D eigenvalue weighted by molar-refractivity contribution is 6.30. The van der Waals surface area contributed by atoms with Crippen LogP contribution in [-0.4, -0.2) is 37.0 Å². The fraction of sp³-hybridized carbons (Fsp3) is 0.381. The third kappa shape index (κ3) is 3.03. The summed E-state index contributed by atoms with van der Waals surface area (Å²) in [6.45, 7) is 5.49. The lowest BCUT2D eigenvalue weighted by molar-refractivity contribution is 0.0972. The van der Waals surface area contributed by atoms with Crippen LogP contribution in [0.15, 0.2) is 36.4 Å². The minimum atomic E-state index is -1.10. The van der Waals surface area contributed by atoms with Crippen LogP contribution in [0.5, 0.6) is 0 Å². The molecule has 0 radical (unpaired) electrons. The summed E-state index contributed by atoms with van der Waals surface area (Å²) < 4.78 is 27.9. The SMILES string of the molecule is CCN1CCC2(CC1)CN(C(=O)c1cccc(F)c1F)c1ccc(Cl)cc12. The fourth-order valence-electron chi connectivity index (χ4n) is 4.36. The van der Waals surface area contributed by atoms with Crippen LogP contribution in [0.2, 0.25) is 5.02 Å². The van der Waals surface area contributed by atoms with Crippen molar-refractivity contribution in [3.05, 3.63) is 64.2 Å². The van der Waals surface area contributed by atoms with Crippen LogP contribution < -0.4 is 4.90 Å². The average molecular weight is 391 g/mol. The highest BCUT2D eigenvalue weighted by Crippen LogP contribution is 2.48. The maximum Gasteiger partial charge on any atom is 0.261 e. The molecule has 6 heteroatoms. The summed E-state index contributed by atoms with van der Waals surface area (Å²) in [4.78, 5) is 17.1. The molecule has 0 aromatic heterocycles. The van der Waals surface area contributed by atoms with E-state index in [1.54, 1.807) is 11.0 Å². The number of hydrogen-bond donors (Lipinski definition) is 0. The Bertz CT molecular complexity index is 894. The Labute approximate surface area is 162 Å². The van der Waals surface area contributed by atoms with E-state index in [1.807, 2.05) is 12.1 Å².